The Labute approximate surface area is 173 Å². The Bertz CT molecular complexity index is 872. The minimum Gasteiger partial charge on any atom is -0.326 e. The van der Waals surface area contributed by atoms with Crippen molar-refractivity contribution in [2.24, 2.45) is 11.0 Å². The molecule has 0 atom stereocenters. The standard InChI is InChI=1S/C22H24BrN3O2/c1-15(25-26-22(28)17-10-12-19(23)13-11-17)18-8-5-9-20(14-18)24-21(27)16-6-3-2-4-7-16/h5,8-14,16H,2-4,6-7H2,1H3,(H,24,27)(H,26,28). The van der Waals surface area contributed by atoms with Crippen LogP contribution in [-0.2, 0) is 4.79 Å². The molecule has 146 valence electrons. The van der Waals surface area contributed by atoms with Crippen LogP contribution in [0.15, 0.2) is 58.1 Å². The number of carbonyl (C=O) groups excluding carboxylic acids is 2. The number of hydrazone groups is 1. The van der Waals surface area contributed by atoms with Gasteiger partial charge in [0.05, 0.1) is 5.71 Å². The van der Waals surface area contributed by atoms with Crippen molar-refractivity contribution in [1.29, 1.82) is 0 Å². The Morgan fingerprint density at radius 2 is 1.71 bits per heavy atom. The van der Waals surface area contributed by atoms with Crippen molar-refractivity contribution in [2.75, 3.05) is 5.32 Å². The molecule has 0 bridgehead atoms. The SMILES string of the molecule is CC(=NNC(=O)c1ccc(Br)cc1)c1cccc(NC(=O)C2CCCCC2)c1. The molecule has 0 radical (unpaired) electrons. The van der Waals surface area contributed by atoms with Crippen molar-refractivity contribution < 1.29 is 9.59 Å². The van der Waals surface area contributed by atoms with Crippen LogP contribution in [-0.4, -0.2) is 17.5 Å². The molecule has 1 fully saturated rings. The largest absolute Gasteiger partial charge is 0.326 e. The van der Waals surface area contributed by atoms with E-state index in [-0.39, 0.29) is 17.7 Å². The second-order valence-corrected chi connectivity index (χ2v) is 7.97. The molecule has 0 unspecified atom stereocenters. The summed E-state index contributed by atoms with van der Waals surface area (Å²) in [7, 11) is 0. The van der Waals surface area contributed by atoms with Crippen molar-refractivity contribution in [3.8, 4) is 0 Å². The summed E-state index contributed by atoms with van der Waals surface area (Å²) < 4.78 is 0.913. The Hall–Kier alpha value is -2.47. The van der Waals surface area contributed by atoms with Crippen LogP contribution in [0.3, 0.4) is 0 Å². The number of anilines is 1. The van der Waals surface area contributed by atoms with E-state index in [1.807, 2.05) is 43.3 Å². The third kappa shape index (κ3) is 5.52. The molecule has 28 heavy (non-hydrogen) atoms. The average Bonchev–Trinajstić information content (AvgIpc) is 2.73. The van der Waals surface area contributed by atoms with Crippen LogP contribution in [0, 0.1) is 5.92 Å². The normalized spacial score (nSPS) is 15.1. The number of hydrogen-bond acceptors (Lipinski definition) is 3. The smallest absolute Gasteiger partial charge is 0.271 e. The lowest BCUT2D eigenvalue weighted by atomic mass is 9.88. The molecule has 0 heterocycles. The highest BCUT2D eigenvalue weighted by atomic mass is 79.9. The first-order chi connectivity index (χ1) is 13.5. The number of halogens is 1. The van der Waals surface area contributed by atoms with E-state index in [4.69, 9.17) is 0 Å². The minimum atomic E-state index is -0.270. The zero-order chi connectivity index (χ0) is 19.9. The molecule has 1 aliphatic carbocycles. The van der Waals surface area contributed by atoms with Crippen LogP contribution in [0.25, 0.3) is 0 Å². The molecule has 5 nitrogen and oxygen atoms in total. The third-order valence-corrected chi connectivity index (χ3v) is 5.48. The molecule has 2 N–H and O–H groups in total. The van der Waals surface area contributed by atoms with E-state index < -0.39 is 0 Å². The first-order valence-corrected chi connectivity index (χ1v) is 10.3. The fourth-order valence-corrected chi connectivity index (χ4v) is 3.56. The zero-order valence-corrected chi connectivity index (χ0v) is 17.5. The topological polar surface area (TPSA) is 70.6 Å². The summed E-state index contributed by atoms with van der Waals surface area (Å²) in [6.45, 7) is 1.82. The van der Waals surface area contributed by atoms with E-state index in [1.54, 1.807) is 12.1 Å². The maximum Gasteiger partial charge on any atom is 0.271 e. The van der Waals surface area contributed by atoms with Gasteiger partial charge < -0.3 is 5.32 Å². The summed E-state index contributed by atoms with van der Waals surface area (Å²) >= 11 is 3.35. The fourth-order valence-electron chi connectivity index (χ4n) is 3.30. The zero-order valence-electron chi connectivity index (χ0n) is 15.9. The molecule has 0 spiro atoms. The number of rotatable bonds is 5. The lowest BCUT2D eigenvalue weighted by Crippen LogP contribution is -2.24. The molecule has 0 aliphatic heterocycles. The molecule has 2 aromatic carbocycles. The highest BCUT2D eigenvalue weighted by Crippen LogP contribution is 2.25. The van der Waals surface area contributed by atoms with Gasteiger partial charge in [-0.1, -0.05) is 47.3 Å². The maximum atomic E-state index is 12.4. The number of hydrogen-bond donors (Lipinski definition) is 2. The predicted molar refractivity (Wildman–Crippen MR) is 115 cm³/mol. The van der Waals surface area contributed by atoms with Crippen molar-refractivity contribution in [3.63, 3.8) is 0 Å². The van der Waals surface area contributed by atoms with Gasteiger partial charge in [-0.05, 0) is 61.7 Å². The van der Waals surface area contributed by atoms with Crippen LogP contribution in [0.2, 0.25) is 0 Å². The van der Waals surface area contributed by atoms with Crippen molar-refractivity contribution in [1.82, 2.24) is 5.43 Å². The molecule has 3 rings (SSSR count). The Kier molecular flexibility index (Phi) is 6.98. The molecule has 6 heteroatoms. The summed E-state index contributed by atoms with van der Waals surface area (Å²) in [4.78, 5) is 24.6. The first kappa shape index (κ1) is 20.3. The molecular weight excluding hydrogens is 418 g/mol. The van der Waals surface area contributed by atoms with E-state index in [0.29, 0.717) is 11.3 Å². The average molecular weight is 442 g/mol. The third-order valence-electron chi connectivity index (χ3n) is 4.96. The van der Waals surface area contributed by atoms with E-state index in [9.17, 15) is 9.59 Å². The van der Waals surface area contributed by atoms with Crippen LogP contribution in [0.4, 0.5) is 5.69 Å². The van der Waals surface area contributed by atoms with E-state index >= 15 is 0 Å². The van der Waals surface area contributed by atoms with Gasteiger partial charge in [-0.2, -0.15) is 5.10 Å². The molecule has 2 amide bonds. The Morgan fingerprint density at radius 1 is 1.00 bits per heavy atom. The van der Waals surface area contributed by atoms with Crippen molar-refractivity contribution >= 4 is 39.1 Å². The van der Waals surface area contributed by atoms with Crippen molar-refractivity contribution in [2.45, 2.75) is 39.0 Å². The molecule has 1 aliphatic rings. The van der Waals surface area contributed by atoms with Gasteiger partial charge in [0.1, 0.15) is 0 Å². The van der Waals surface area contributed by atoms with Gasteiger partial charge in [-0.3, -0.25) is 9.59 Å². The number of nitrogens with zero attached hydrogens (tertiary/aromatic N) is 1. The minimum absolute atomic E-state index is 0.0926. The summed E-state index contributed by atoms with van der Waals surface area (Å²) in [5, 5.41) is 7.21. The quantitative estimate of drug-likeness (QED) is 0.498. The number of carbonyl (C=O) groups is 2. The van der Waals surface area contributed by atoms with Crippen LogP contribution >= 0.6 is 15.9 Å². The fraction of sp³-hybridized carbons (Fsp3) is 0.318. The number of amides is 2. The van der Waals surface area contributed by atoms with Gasteiger partial charge in [-0.25, -0.2) is 5.43 Å². The summed E-state index contributed by atoms with van der Waals surface area (Å²) in [5.74, 6) is -0.0686. The first-order valence-electron chi connectivity index (χ1n) is 9.54. The monoisotopic (exact) mass is 441 g/mol. The van der Waals surface area contributed by atoms with Gasteiger partial charge in [-0.15, -0.1) is 0 Å². The van der Waals surface area contributed by atoms with Crippen molar-refractivity contribution in [3.05, 3.63) is 64.1 Å². The number of nitrogens with one attached hydrogen (secondary N) is 2. The number of benzene rings is 2. The summed E-state index contributed by atoms with van der Waals surface area (Å²) in [5.41, 5.74) is 5.37. The second kappa shape index (κ2) is 9.64. The van der Waals surface area contributed by atoms with Crippen LogP contribution in [0.5, 0.6) is 0 Å². The lowest BCUT2D eigenvalue weighted by molar-refractivity contribution is -0.120. The molecule has 0 saturated heterocycles. The van der Waals surface area contributed by atoms with Gasteiger partial charge in [0.25, 0.3) is 5.91 Å². The Balaban J connectivity index is 1.63. The highest BCUT2D eigenvalue weighted by molar-refractivity contribution is 9.10. The van der Waals surface area contributed by atoms with E-state index in [2.05, 4.69) is 31.8 Å². The lowest BCUT2D eigenvalue weighted by Gasteiger charge is -2.20. The van der Waals surface area contributed by atoms with Crippen LogP contribution in [0.1, 0.15) is 54.9 Å². The Morgan fingerprint density at radius 3 is 2.43 bits per heavy atom. The molecule has 1 saturated carbocycles. The van der Waals surface area contributed by atoms with Gasteiger partial charge >= 0.3 is 0 Å². The van der Waals surface area contributed by atoms with Gasteiger partial charge in [0, 0.05) is 21.6 Å². The predicted octanol–water partition coefficient (Wildman–Crippen LogP) is 5.12. The molecule has 0 aromatic heterocycles. The van der Waals surface area contributed by atoms with Gasteiger partial charge in [0.2, 0.25) is 5.91 Å². The molecule has 2 aromatic rings. The summed E-state index contributed by atoms with van der Waals surface area (Å²) in [6.07, 6.45) is 5.41. The highest BCUT2D eigenvalue weighted by Gasteiger charge is 2.21. The maximum absolute atomic E-state index is 12.4. The van der Waals surface area contributed by atoms with E-state index in [1.165, 1.54) is 6.42 Å². The van der Waals surface area contributed by atoms with Crippen LogP contribution < -0.4 is 10.7 Å². The second-order valence-electron chi connectivity index (χ2n) is 7.05. The van der Waals surface area contributed by atoms with E-state index in [0.717, 1.165) is 41.4 Å². The summed E-state index contributed by atoms with van der Waals surface area (Å²) in [6, 6.07) is 14.6. The molecular formula is C22H24BrN3O2. The van der Waals surface area contributed by atoms with Gasteiger partial charge in [0.15, 0.2) is 0 Å².